The van der Waals surface area contributed by atoms with Gasteiger partial charge in [-0.2, -0.15) is 11.8 Å². The van der Waals surface area contributed by atoms with Crippen molar-refractivity contribution in [1.29, 1.82) is 0 Å². The molecule has 0 aromatic rings. The van der Waals surface area contributed by atoms with Crippen molar-refractivity contribution in [2.24, 2.45) is 5.73 Å². The van der Waals surface area contributed by atoms with Gasteiger partial charge < -0.3 is 15.8 Å². The quantitative estimate of drug-likeness (QED) is 0.446. The summed E-state index contributed by atoms with van der Waals surface area (Å²) in [5.41, 5.74) is 5.63. The van der Waals surface area contributed by atoms with E-state index in [9.17, 15) is 4.79 Å². The minimum Gasteiger partial charge on any atom is -0.385 e. The Morgan fingerprint density at radius 1 is 1.73 bits per heavy atom. The number of nitrogens with two attached hydrogens (primary N) is 1. The maximum Gasteiger partial charge on any atom is 0.237 e. The van der Waals surface area contributed by atoms with E-state index >= 15 is 0 Å². The number of rotatable bonds is 9. The van der Waals surface area contributed by atoms with Gasteiger partial charge in [-0.05, 0) is 6.42 Å². The van der Waals surface area contributed by atoms with Gasteiger partial charge in [-0.25, -0.2) is 0 Å². The third-order valence-electron chi connectivity index (χ3n) is 1.75. The Labute approximate surface area is 95.6 Å². The van der Waals surface area contributed by atoms with Gasteiger partial charge in [0.1, 0.15) is 0 Å². The van der Waals surface area contributed by atoms with Crippen molar-refractivity contribution in [3.8, 4) is 0 Å². The van der Waals surface area contributed by atoms with Crippen molar-refractivity contribution in [2.45, 2.75) is 12.5 Å². The fraction of sp³-hybridized carbons (Fsp3) is 0.700. The zero-order valence-electron chi connectivity index (χ0n) is 9.20. The molecule has 3 N–H and O–H groups in total. The van der Waals surface area contributed by atoms with Gasteiger partial charge in [0.05, 0.1) is 6.04 Å². The highest BCUT2D eigenvalue weighted by Crippen LogP contribution is 1.97. The molecule has 0 radical (unpaired) electrons. The minimum absolute atomic E-state index is 0.105. The molecule has 0 saturated heterocycles. The van der Waals surface area contributed by atoms with Crippen molar-refractivity contribution in [3.05, 3.63) is 12.7 Å². The lowest BCUT2D eigenvalue weighted by Gasteiger charge is -2.11. The van der Waals surface area contributed by atoms with Crippen LogP contribution in [0, 0.1) is 0 Å². The standard InChI is InChI=1S/C10H20N2O2S/c1-3-7-15-8-5-12-10(13)9(11)4-6-14-2/h3,9H,1,4-8,11H2,2H3,(H,12,13). The summed E-state index contributed by atoms with van der Waals surface area (Å²) in [5, 5.41) is 2.78. The maximum atomic E-state index is 11.4. The van der Waals surface area contributed by atoms with Crippen LogP contribution in [0.25, 0.3) is 0 Å². The molecule has 0 spiro atoms. The van der Waals surface area contributed by atoms with Crippen LogP contribution in [0.4, 0.5) is 0 Å². The first-order valence-corrected chi connectivity index (χ1v) is 6.08. The smallest absolute Gasteiger partial charge is 0.237 e. The maximum absolute atomic E-state index is 11.4. The molecule has 0 heterocycles. The zero-order valence-corrected chi connectivity index (χ0v) is 10.0. The Kier molecular flexibility index (Phi) is 9.67. The SMILES string of the molecule is C=CCSCCNC(=O)C(N)CCOC. The van der Waals surface area contributed by atoms with Crippen LogP contribution in [-0.4, -0.2) is 43.7 Å². The zero-order chi connectivity index (χ0) is 11.5. The summed E-state index contributed by atoms with van der Waals surface area (Å²) >= 11 is 1.73. The lowest BCUT2D eigenvalue weighted by molar-refractivity contribution is -0.122. The molecule has 0 aromatic heterocycles. The lowest BCUT2D eigenvalue weighted by Crippen LogP contribution is -2.42. The molecule has 15 heavy (non-hydrogen) atoms. The van der Waals surface area contributed by atoms with Crippen LogP contribution in [-0.2, 0) is 9.53 Å². The summed E-state index contributed by atoms with van der Waals surface area (Å²) in [5.74, 6) is 1.69. The van der Waals surface area contributed by atoms with Crippen molar-refractivity contribution < 1.29 is 9.53 Å². The molecule has 1 unspecified atom stereocenters. The van der Waals surface area contributed by atoms with E-state index < -0.39 is 6.04 Å². The number of hydrogen-bond acceptors (Lipinski definition) is 4. The molecule has 0 aromatic carbocycles. The summed E-state index contributed by atoms with van der Waals surface area (Å²) in [6, 6.07) is -0.464. The number of methoxy groups -OCH3 is 1. The van der Waals surface area contributed by atoms with E-state index in [0.29, 0.717) is 19.6 Å². The van der Waals surface area contributed by atoms with Crippen molar-refractivity contribution >= 4 is 17.7 Å². The second kappa shape index (κ2) is 10.0. The third-order valence-corrected chi connectivity index (χ3v) is 2.72. The number of carbonyl (C=O) groups excluding carboxylic acids is 1. The second-order valence-corrected chi connectivity index (χ2v) is 4.19. The first kappa shape index (κ1) is 14.5. The minimum atomic E-state index is -0.464. The summed E-state index contributed by atoms with van der Waals surface area (Å²) < 4.78 is 4.85. The molecule has 88 valence electrons. The van der Waals surface area contributed by atoms with Gasteiger partial charge in [-0.3, -0.25) is 4.79 Å². The van der Waals surface area contributed by atoms with Crippen molar-refractivity contribution in [2.75, 3.05) is 31.8 Å². The summed E-state index contributed by atoms with van der Waals surface area (Å²) in [6.45, 7) is 4.78. The van der Waals surface area contributed by atoms with Gasteiger partial charge in [-0.15, -0.1) is 6.58 Å². The van der Waals surface area contributed by atoms with Crippen LogP contribution in [0.5, 0.6) is 0 Å². The molecule has 1 atom stereocenters. The third kappa shape index (κ3) is 8.47. The highest BCUT2D eigenvalue weighted by molar-refractivity contribution is 7.99. The molecular formula is C10H20N2O2S. The molecule has 0 aliphatic carbocycles. The lowest BCUT2D eigenvalue weighted by atomic mass is 10.2. The highest BCUT2D eigenvalue weighted by atomic mass is 32.2. The van der Waals surface area contributed by atoms with E-state index in [1.807, 2.05) is 6.08 Å². The number of ether oxygens (including phenoxy) is 1. The van der Waals surface area contributed by atoms with Gasteiger partial charge in [0.15, 0.2) is 0 Å². The van der Waals surface area contributed by atoms with Crippen LogP contribution in [0.15, 0.2) is 12.7 Å². The largest absolute Gasteiger partial charge is 0.385 e. The predicted molar refractivity (Wildman–Crippen MR) is 65.0 cm³/mol. The van der Waals surface area contributed by atoms with E-state index in [1.165, 1.54) is 0 Å². The molecule has 0 rings (SSSR count). The highest BCUT2D eigenvalue weighted by Gasteiger charge is 2.11. The second-order valence-electron chi connectivity index (χ2n) is 3.04. The molecule has 0 aliphatic rings. The fourth-order valence-corrected chi connectivity index (χ4v) is 1.50. The molecule has 0 fully saturated rings. The van der Waals surface area contributed by atoms with Gasteiger partial charge in [0.25, 0.3) is 0 Å². The van der Waals surface area contributed by atoms with Crippen LogP contribution in [0.3, 0.4) is 0 Å². The normalized spacial score (nSPS) is 12.1. The Morgan fingerprint density at radius 3 is 3.07 bits per heavy atom. The number of carbonyl (C=O) groups is 1. The molecule has 0 saturated carbocycles. The van der Waals surface area contributed by atoms with E-state index in [4.69, 9.17) is 10.5 Å². The first-order valence-electron chi connectivity index (χ1n) is 4.93. The Hall–Kier alpha value is -0.520. The van der Waals surface area contributed by atoms with Gasteiger partial charge in [-0.1, -0.05) is 6.08 Å². The molecule has 0 bridgehead atoms. The average molecular weight is 232 g/mol. The number of hydrogen-bond donors (Lipinski definition) is 2. The van der Waals surface area contributed by atoms with Gasteiger partial charge in [0.2, 0.25) is 5.91 Å². The number of thioether (sulfide) groups is 1. The predicted octanol–water partition coefficient (Wildman–Crippen LogP) is 0.386. The first-order chi connectivity index (χ1) is 7.22. The Bertz CT molecular complexity index is 188. The molecule has 5 heteroatoms. The summed E-state index contributed by atoms with van der Waals surface area (Å²) in [4.78, 5) is 11.4. The summed E-state index contributed by atoms with van der Waals surface area (Å²) in [7, 11) is 1.59. The van der Waals surface area contributed by atoms with Gasteiger partial charge >= 0.3 is 0 Å². The Morgan fingerprint density at radius 2 is 2.47 bits per heavy atom. The summed E-state index contributed by atoms with van der Waals surface area (Å²) in [6.07, 6.45) is 2.40. The van der Waals surface area contributed by atoms with E-state index in [2.05, 4.69) is 11.9 Å². The van der Waals surface area contributed by atoms with Crippen LogP contribution >= 0.6 is 11.8 Å². The molecule has 0 aliphatic heterocycles. The van der Waals surface area contributed by atoms with Crippen molar-refractivity contribution in [1.82, 2.24) is 5.32 Å². The molecular weight excluding hydrogens is 212 g/mol. The average Bonchev–Trinajstić information content (AvgIpc) is 2.25. The van der Waals surface area contributed by atoms with Crippen molar-refractivity contribution in [3.63, 3.8) is 0 Å². The van der Waals surface area contributed by atoms with Crippen LogP contribution in [0.1, 0.15) is 6.42 Å². The van der Waals surface area contributed by atoms with Crippen LogP contribution in [0.2, 0.25) is 0 Å². The topological polar surface area (TPSA) is 64.4 Å². The number of nitrogens with one attached hydrogen (secondary N) is 1. The van der Waals surface area contributed by atoms with Crippen LogP contribution < -0.4 is 11.1 Å². The fourth-order valence-electron chi connectivity index (χ4n) is 0.920. The molecule has 4 nitrogen and oxygen atoms in total. The van der Waals surface area contributed by atoms with Gasteiger partial charge in [0, 0.05) is 31.8 Å². The van der Waals surface area contributed by atoms with E-state index in [-0.39, 0.29) is 5.91 Å². The monoisotopic (exact) mass is 232 g/mol. The number of amides is 1. The van der Waals surface area contributed by atoms with E-state index in [1.54, 1.807) is 18.9 Å². The Balaban J connectivity index is 3.42. The van der Waals surface area contributed by atoms with E-state index in [0.717, 1.165) is 11.5 Å². The molecule has 1 amide bonds.